The van der Waals surface area contributed by atoms with E-state index >= 15 is 0 Å². The molecular weight excluding hydrogens is 654 g/mol. The SMILES string of the molecule is CC(=O)NCCCCCC(=O)NCc1cccc(-c2cccc([C@H]3O[C@@H](CN(C)[C@@H](C)[C@H](O)c4ccccc4)C[C@@H](c4ccc(CO)cc4)O3)c2)c1. The van der Waals surface area contributed by atoms with E-state index in [1.807, 2.05) is 92.8 Å². The largest absolute Gasteiger partial charge is 0.392 e. The Morgan fingerprint density at radius 1 is 0.827 bits per heavy atom. The lowest BCUT2D eigenvalue weighted by Crippen LogP contribution is -2.43. The van der Waals surface area contributed by atoms with Crippen molar-refractivity contribution in [3.05, 3.63) is 131 Å². The zero-order valence-electron chi connectivity index (χ0n) is 30.5. The van der Waals surface area contributed by atoms with Gasteiger partial charge in [0.25, 0.3) is 0 Å². The van der Waals surface area contributed by atoms with Gasteiger partial charge >= 0.3 is 0 Å². The molecule has 0 aromatic heterocycles. The van der Waals surface area contributed by atoms with Crippen LogP contribution in [-0.4, -0.2) is 59.2 Å². The Morgan fingerprint density at radius 2 is 1.56 bits per heavy atom. The van der Waals surface area contributed by atoms with Gasteiger partial charge in [-0.2, -0.15) is 0 Å². The van der Waals surface area contributed by atoms with E-state index in [1.165, 1.54) is 6.92 Å². The van der Waals surface area contributed by atoms with Gasteiger partial charge in [0.05, 0.1) is 24.9 Å². The fraction of sp³-hybridized carbons (Fsp3) is 0.395. The molecule has 0 unspecified atom stereocenters. The molecule has 0 aliphatic carbocycles. The summed E-state index contributed by atoms with van der Waals surface area (Å²) in [6, 6.07) is 33.8. The summed E-state index contributed by atoms with van der Waals surface area (Å²) in [7, 11) is 2.02. The topological polar surface area (TPSA) is 120 Å². The van der Waals surface area contributed by atoms with Gasteiger partial charge in [-0.3, -0.25) is 14.5 Å². The number of carbonyl (C=O) groups is 2. The first kappa shape index (κ1) is 38.8. The van der Waals surface area contributed by atoms with Gasteiger partial charge in [0.15, 0.2) is 6.29 Å². The van der Waals surface area contributed by atoms with Crippen LogP contribution in [0.15, 0.2) is 103 Å². The summed E-state index contributed by atoms with van der Waals surface area (Å²) in [4.78, 5) is 25.6. The number of hydrogen-bond acceptors (Lipinski definition) is 7. The molecule has 52 heavy (non-hydrogen) atoms. The highest BCUT2D eigenvalue weighted by Gasteiger charge is 2.34. The minimum Gasteiger partial charge on any atom is -0.392 e. The van der Waals surface area contributed by atoms with Crippen molar-refractivity contribution in [2.75, 3.05) is 20.1 Å². The summed E-state index contributed by atoms with van der Waals surface area (Å²) >= 11 is 0. The number of rotatable bonds is 17. The molecule has 1 heterocycles. The van der Waals surface area contributed by atoms with E-state index < -0.39 is 12.4 Å². The van der Waals surface area contributed by atoms with Crippen molar-refractivity contribution in [3.8, 4) is 11.1 Å². The number of likely N-dealkylation sites (N-methyl/N-ethyl adjacent to an activating group) is 1. The van der Waals surface area contributed by atoms with Gasteiger partial charge < -0.3 is 30.3 Å². The first-order chi connectivity index (χ1) is 25.2. The van der Waals surface area contributed by atoms with E-state index in [4.69, 9.17) is 9.47 Å². The minimum absolute atomic E-state index is 0.0169. The fourth-order valence-electron chi connectivity index (χ4n) is 6.56. The molecule has 5 atom stereocenters. The third-order valence-corrected chi connectivity index (χ3v) is 9.76. The van der Waals surface area contributed by atoms with Crippen LogP contribution in [-0.2, 0) is 32.2 Å². The molecule has 0 bridgehead atoms. The molecule has 5 rings (SSSR count). The van der Waals surface area contributed by atoms with E-state index in [9.17, 15) is 19.8 Å². The number of nitrogens with one attached hydrogen (secondary N) is 2. The molecule has 4 aromatic carbocycles. The second-order valence-electron chi connectivity index (χ2n) is 13.8. The Labute approximate surface area is 308 Å². The second kappa shape index (κ2) is 19.5. The highest BCUT2D eigenvalue weighted by Crippen LogP contribution is 2.39. The molecule has 0 spiro atoms. The second-order valence-corrected chi connectivity index (χ2v) is 13.8. The van der Waals surface area contributed by atoms with Gasteiger partial charge in [0.2, 0.25) is 11.8 Å². The van der Waals surface area contributed by atoms with Crippen molar-refractivity contribution in [1.82, 2.24) is 15.5 Å². The molecule has 0 radical (unpaired) electrons. The highest BCUT2D eigenvalue weighted by molar-refractivity contribution is 5.76. The monoisotopic (exact) mass is 707 g/mol. The zero-order chi connectivity index (χ0) is 36.9. The van der Waals surface area contributed by atoms with Crippen molar-refractivity contribution in [3.63, 3.8) is 0 Å². The van der Waals surface area contributed by atoms with E-state index in [-0.39, 0.29) is 36.7 Å². The van der Waals surface area contributed by atoms with Crippen LogP contribution in [0.25, 0.3) is 11.1 Å². The Kier molecular flexibility index (Phi) is 14.5. The summed E-state index contributed by atoms with van der Waals surface area (Å²) in [5.41, 5.74) is 6.69. The first-order valence-electron chi connectivity index (χ1n) is 18.3. The maximum Gasteiger partial charge on any atom is 0.220 e. The van der Waals surface area contributed by atoms with Crippen LogP contribution in [0.1, 0.15) is 92.3 Å². The molecule has 276 valence electrons. The van der Waals surface area contributed by atoms with Gasteiger partial charge in [-0.25, -0.2) is 0 Å². The number of nitrogens with zero attached hydrogens (tertiary/aromatic N) is 1. The lowest BCUT2D eigenvalue weighted by Gasteiger charge is -2.39. The number of aliphatic hydroxyl groups is 2. The zero-order valence-corrected chi connectivity index (χ0v) is 30.5. The lowest BCUT2D eigenvalue weighted by molar-refractivity contribution is -0.253. The molecule has 4 aromatic rings. The van der Waals surface area contributed by atoms with Gasteiger partial charge in [0, 0.05) is 51.0 Å². The summed E-state index contributed by atoms with van der Waals surface area (Å²) in [6.45, 7) is 5.20. The lowest BCUT2D eigenvalue weighted by atomic mass is 9.97. The normalized spacial score (nSPS) is 18.5. The van der Waals surface area contributed by atoms with Gasteiger partial charge in [-0.1, -0.05) is 97.4 Å². The Balaban J connectivity index is 1.26. The number of hydrogen-bond donors (Lipinski definition) is 4. The van der Waals surface area contributed by atoms with Gasteiger partial charge in [-0.15, -0.1) is 0 Å². The quantitative estimate of drug-likeness (QED) is 0.0896. The van der Waals surface area contributed by atoms with Crippen LogP contribution in [0.4, 0.5) is 0 Å². The molecule has 9 heteroatoms. The van der Waals surface area contributed by atoms with Crippen LogP contribution < -0.4 is 10.6 Å². The summed E-state index contributed by atoms with van der Waals surface area (Å²) in [5, 5.41) is 26.6. The number of aliphatic hydroxyl groups excluding tert-OH is 2. The number of carbonyl (C=O) groups excluding carboxylic acids is 2. The third-order valence-electron chi connectivity index (χ3n) is 9.76. The predicted octanol–water partition coefficient (Wildman–Crippen LogP) is 6.76. The molecular formula is C43H53N3O6. The number of unbranched alkanes of at least 4 members (excludes halogenated alkanes) is 2. The molecule has 4 N–H and O–H groups in total. The van der Waals surface area contributed by atoms with Crippen LogP contribution in [0.2, 0.25) is 0 Å². The molecule has 0 saturated carbocycles. The molecule has 9 nitrogen and oxygen atoms in total. The van der Waals surface area contributed by atoms with Crippen molar-refractivity contribution in [1.29, 1.82) is 0 Å². The van der Waals surface area contributed by atoms with Crippen molar-refractivity contribution in [2.24, 2.45) is 0 Å². The standard InChI is InChI=1S/C43H53N3O6/c1-30(42(50)35-13-6-4-7-14-35)46(3)28-39-26-40(34-21-19-32(29-47)20-22-34)52-43(51-39)38-17-11-16-37(25-38)36-15-10-12-33(24-36)27-45-41(49)18-8-5-9-23-44-31(2)48/h4,6-7,10-17,19-22,24-25,30,39-40,42-43,47,50H,5,8-9,18,23,26-29H2,1-3H3,(H,44,48)(H,45,49)/t30-,39+,40-,42-,43-/m0/s1. The van der Waals surface area contributed by atoms with Gasteiger partial charge in [0.1, 0.15) is 0 Å². The van der Waals surface area contributed by atoms with Crippen LogP contribution in [0, 0.1) is 0 Å². The third kappa shape index (κ3) is 11.3. The van der Waals surface area contributed by atoms with E-state index in [0.717, 1.165) is 58.2 Å². The minimum atomic E-state index is -0.642. The Bertz CT molecular complexity index is 1720. The van der Waals surface area contributed by atoms with Crippen LogP contribution in [0.3, 0.4) is 0 Å². The van der Waals surface area contributed by atoms with Gasteiger partial charge in [-0.05, 0) is 72.3 Å². The smallest absolute Gasteiger partial charge is 0.220 e. The molecule has 1 aliphatic heterocycles. The number of amides is 2. The molecule has 1 aliphatic rings. The van der Waals surface area contributed by atoms with E-state index in [2.05, 4.69) is 39.8 Å². The van der Waals surface area contributed by atoms with Crippen molar-refractivity contribution in [2.45, 2.75) is 89.7 Å². The van der Waals surface area contributed by atoms with Crippen molar-refractivity contribution < 1.29 is 29.3 Å². The maximum absolute atomic E-state index is 12.5. The van der Waals surface area contributed by atoms with E-state index in [1.54, 1.807) is 0 Å². The molecule has 1 fully saturated rings. The summed E-state index contributed by atoms with van der Waals surface area (Å²) < 4.78 is 13.3. The summed E-state index contributed by atoms with van der Waals surface area (Å²) in [6.07, 6.45) is 1.96. The van der Waals surface area contributed by atoms with Crippen LogP contribution in [0.5, 0.6) is 0 Å². The molecule has 1 saturated heterocycles. The predicted molar refractivity (Wildman–Crippen MR) is 203 cm³/mol. The Hall–Kier alpha value is -4.38. The number of ether oxygens (including phenoxy) is 2. The van der Waals surface area contributed by atoms with E-state index in [0.29, 0.717) is 32.5 Å². The maximum atomic E-state index is 12.5. The van der Waals surface area contributed by atoms with Crippen molar-refractivity contribution >= 4 is 11.8 Å². The Morgan fingerprint density at radius 3 is 2.29 bits per heavy atom. The average molecular weight is 708 g/mol. The van der Waals surface area contributed by atoms with Crippen LogP contribution >= 0.6 is 0 Å². The molecule has 2 amide bonds. The fourth-order valence-corrected chi connectivity index (χ4v) is 6.56. The highest BCUT2D eigenvalue weighted by atomic mass is 16.7. The summed E-state index contributed by atoms with van der Waals surface area (Å²) in [5.74, 6) is -0.0138. The average Bonchev–Trinajstić information content (AvgIpc) is 3.18. The number of benzene rings is 4. The first-order valence-corrected chi connectivity index (χ1v) is 18.3.